The van der Waals surface area contributed by atoms with Crippen LogP contribution in [-0.2, 0) is 0 Å². The maximum Gasteiger partial charge on any atom is 0.124 e. The molecule has 0 unspecified atom stereocenters. The Kier molecular flexibility index (Phi) is 6.78. The van der Waals surface area contributed by atoms with Crippen LogP contribution < -0.4 is 10.5 Å². The third-order valence-corrected chi connectivity index (χ3v) is 3.58. The van der Waals surface area contributed by atoms with Crippen molar-refractivity contribution in [1.82, 2.24) is 0 Å². The molecule has 0 bridgehead atoms. The van der Waals surface area contributed by atoms with Gasteiger partial charge in [0.05, 0.1) is 6.61 Å². The summed E-state index contributed by atoms with van der Waals surface area (Å²) in [5.41, 5.74) is 6.87. The highest BCUT2D eigenvalue weighted by Crippen LogP contribution is 2.27. The smallest absolute Gasteiger partial charge is 0.124 e. The molecule has 1 aromatic rings. The first-order valence-corrected chi connectivity index (χ1v) is 7.44. The van der Waals surface area contributed by atoms with Crippen LogP contribution in [0.5, 0.6) is 5.75 Å². The molecule has 0 radical (unpaired) electrons. The van der Waals surface area contributed by atoms with E-state index in [1.54, 1.807) is 0 Å². The third-order valence-electron chi connectivity index (χ3n) is 2.36. The summed E-state index contributed by atoms with van der Waals surface area (Å²) < 4.78 is 5.75. The van der Waals surface area contributed by atoms with Crippen LogP contribution in [0.1, 0.15) is 31.9 Å². The van der Waals surface area contributed by atoms with E-state index in [1.165, 1.54) is 0 Å². The summed E-state index contributed by atoms with van der Waals surface area (Å²) in [6, 6.07) is 5.55. The van der Waals surface area contributed by atoms with Gasteiger partial charge in [-0.2, -0.15) is 11.8 Å². The highest BCUT2D eigenvalue weighted by Gasteiger charge is 2.08. The highest BCUT2D eigenvalue weighted by molar-refractivity contribution is 7.99. The van der Waals surface area contributed by atoms with Crippen molar-refractivity contribution in [1.29, 1.82) is 0 Å². The first-order valence-electron chi connectivity index (χ1n) is 5.90. The van der Waals surface area contributed by atoms with Crippen molar-refractivity contribution >= 4 is 23.4 Å². The topological polar surface area (TPSA) is 35.2 Å². The molecule has 0 fully saturated rings. The molecule has 96 valence electrons. The van der Waals surface area contributed by atoms with Crippen molar-refractivity contribution in [2.24, 2.45) is 5.73 Å². The van der Waals surface area contributed by atoms with Crippen LogP contribution in [0, 0.1) is 0 Å². The lowest BCUT2D eigenvalue weighted by Gasteiger charge is -2.14. The van der Waals surface area contributed by atoms with Crippen LogP contribution in [0.25, 0.3) is 0 Å². The highest BCUT2D eigenvalue weighted by atomic mass is 35.5. The molecule has 2 nitrogen and oxygen atoms in total. The van der Waals surface area contributed by atoms with E-state index in [0.717, 1.165) is 35.8 Å². The summed E-state index contributed by atoms with van der Waals surface area (Å²) in [4.78, 5) is 0. The lowest BCUT2D eigenvalue weighted by atomic mass is 10.1. The van der Waals surface area contributed by atoms with E-state index in [2.05, 4.69) is 6.92 Å². The fraction of sp³-hybridized carbons (Fsp3) is 0.538. The maximum absolute atomic E-state index is 5.95. The van der Waals surface area contributed by atoms with Gasteiger partial charge in [0.25, 0.3) is 0 Å². The normalized spacial score (nSPS) is 12.5. The standard InChI is InChI=1S/C13H20ClNOS/c1-3-17-8-4-7-16-13-6-5-11(14)9-12(13)10(2)15/h5-6,9-10H,3-4,7-8,15H2,1-2H3/t10-/m0/s1. The Labute approximate surface area is 113 Å². The van der Waals surface area contributed by atoms with E-state index >= 15 is 0 Å². The lowest BCUT2D eigenvalue weighted by Crippen LogP contribution is -2.09. The van der Waals surface area contributed by atoms with Gasteiger partial charge in [-0.25, -0.2) is 0 Å². The largest absolute Gasteiger partial charge is 0.493 e. The summed E-state index contributed by atoms with van der Waals surface area (Å²) in [5.74, 6) is 3.15. The number of halogens is 1. The second-order valence-electron chi connectivity index (χ2n) is 3.87. The number of hydrogen-bond donors (Lipinski definition) is 1. The zero-order chi connectivity index (χ0) is 12.7. The molecular formula is C13H20ClNOS. The van der Waals surface area contributed by atoms with Crippen molar-refractivity contribution in [3.63, 3.8) is 0 Å². The van der Waals surface area contributed by atoms with Crippen LogP contribution in [0.4, 0.5) is 0 Å². The van der Waals surface area contributed by atoms with Gasteiger partial charge in [-0.3, -0.25) is 0 Å². The minimum absolute atomic E-state index is 0.0614. The van der Waals surface area contributed by atoms with Crippen LogP contribution in [0.2, 0.25) is 5.02 Å². The summed E-state index contributed by atoms with van der Waals surface area (Å²) in [7, 11) is 0. The number of thioether (sulfide) groups is 1. The first-order chi connectivity index (χ1) is 8.15. The lowest BCUT2D eigenvalue weighted by molar-refractivity contribution is 0.314. The molecule has 0 aliphatic rings. The molecule has 1 aromatic carbocycles. The molecule has 0 spiro atoms. The fourth-order valence-corrected chi connectivity index (χ4v) is 2.29. The summed E-state index contributed by atoms with van der Waals surface area (Å²) >= 11 is 7.88. The molecule has 2 N–H and O–H groups in total. The maximum atomic E-state index is 5.95. The van der Waals surface area contributed by atoms with E-state index in [0.29, 0.717) is 5.02 Å². The number of rotatable bonds is 7. The molecule has 0 amide bonds. The molecule has 0 heterocycles. The van der Waals surface area contributed by atoms with Crippen molar-refractivity contribution in [3.05, 3.63) is 28.8 Å². The quantitative estimate of drug-likeness (QED) is 0.766. The van der Waals surface area contributed by atoms with Gasteiger partial charge < -0.3 is 10.5 Å². The van der Waals surface area contributed by atoms with E-state index in [4.69, 9.17) is 22.1 Å². The van der Waals surface area contributed by atoms with Crippen molar-refractivity contribution < 1.29 is 4.74 Å². The molecule has 4 heteroatoms. The number of benzene rings is 1. The Bertz CT molecular complexity index is 344. The van der Waals surface area contributed by atoms with Gasteiger partial charge in [-0.05, 0) is 43.0 Å². The first kappa shape index (κ1) is 14.7. The molecule has 17 heavy (non-hydrogen) atoms. The van der Waals surface area contributed by atoms with Gasteiger partial charge in [0.2, 0.25) is 0 Å². The van der Waals surface area contributed by atoms with Gasteiger partial charge in [0, 0.05) is 16.6 Å². The zero-order valence-electron chi connectivity index (χ0n) is 10.4. The van der Waals surface area contributed by atoms with Gasteiger partial charge in [-0.1, -0.05) is 18.5 Å². The average Bonchev–Trinajstić information content (AvgIpc) is 2.30. The molecule has 0 aromatic heterocycles. The van der Waals surface area contributed by atoms with Crippen LogP contribution in [0.15, 0.2) is 18.2 Å². The summed E-state index contributed by atoms with van der Waals surface area (Å²) in [6.45, 7) is 4.83. The monoisotopic (exact) mass is 273 g/mol. The SMILES string of the molecule is CCSCCCOc1ccc(Cl)cc1[C@H](C)N. The molecule has 0 aliphatic carbocycles. The van der Waals surface area contributed by atoms with Crippen LogP contribution in [0.3, 0.4) is 0 Å². The molecular weight excluding hydrogens is 254 g/mol. The van der Waals surface area contributed by atoms with Crippen molar-refractivity contribution in [3.8, 4) is 5.75 Å². The Morgan fingerprint density at radius 1 is 1.47 bits per heavy atom. The average molecular weight is 274 g/mol. The Morgan fingerprint density at radius 3 is 2.88 bits per heavy atom. The van der Waals surface area contributed by atoms with Gasteiger partial charge >= 0.3 is 0 Å². The van der Waals surface area contributed by atoms with Crippen LogP contribution in [-0.4, -0.2) is 18.1 Å². The predicted octanol–water partition coefficient (Wildman–Crippen LogP) is 3.88. The van der Waals surface area contributed by atoms with Gasteiger partial charge in [0.1, 0.15) is 5.75 Å². The Morgan fingerprint density at radius 2 is 2.24 bits per heavy atom. The minimum atomic E-state index is -0.0614. The Balaban J connectivity index is 2.52. The molecule has 0 saturated heterocycles. The van der Waals surface area contributed by atoms with Gasteiger partial charge in [-0.15, -0.1) is 0 Å². The van der Waals surface area contributed by atoms with E-state index in [9.17, 15) is 0 Å². The molecule has 1 rings (SSSR count). The van der Waals surface area contributed by atoms with E-state index in [1.807, 2.05) is 36.9 Å². The van der Waals surface area contributed by atoms with E-state index in [-0.39, 0.29) is 6.04 Å². The number of hydrogen-bond acceptors (Lipinski definition) is 3. The van der Waals surface area contributed by atoms with Crippen molar-refractivity contribution in [2.75, 3.05) is 18.1 Å². The molecule has 0 saturated carbocycles. The fourth-order valence-electron chi connectivity index (χ4n) is 1.49. The second-order valence-corrected chi connectivity index (χ2v) is 5.70. The van der Waals surface area contributed by atoms with E-state index < -0.39 is 0 Å². The predicted molar refractivity (Wildman–Crippen MR) is 77.2 cm³/mol. The third kappa shape index (κ3) is 5.19. The van der Waals surface area contributed by atoms with Crippen LogP contribution >= 0.6 is 23.4 Å². The Hall–Kier alpha value is -0.380. The summed E-state index contributed by atoms with van der Waals surface area (Å²) in [5, 5.41) is 0.700. The number of nitrogens with two attached hydrogens (primary N) is 1. The van der Waals surface area contributed by atoms with Crippen molar-refractivity contribution in [2.45, 2.75) is 26.3 Å². The minimum Gasteiger partial charge on any atom is -0.493 e. The molecule has 1 atom stereocenters. The number of ether oxygens (including phenoxy) is 1. The second kappa shape index (κ2) is 7.85. The zero-order valence-corrected chi connectivity index (χ0v) is 12.0. The molecule has 0 aliphatic heterocycles. The summed E-state index contributed by atoms with van der Waals surface area (Å²) in [6.07, 6.45) is 1.06. The van der Waals surface area contributed by atoms with Gasteiger partial charge in [0.15, 0.2) is 0 Å².